The van der Waals surface area contributed by atoms with E-state index < -0.39 is 0 Å². The molecule has 0 aliphatic rings. The number of benzene rings is 2. The molecule has 0 saturated carbocycles. The first-order valence-electron chi connectivity index (χ1n) is 8.45. The molecule has 0 bridgehead atoms. The summed E-state index contributed by atoms with van der Waals surface area (Å²) in [5.41, 5.74) is 2.03. The average Bonchev–Trinajstić information content (AvgIpc) is 3.18. The summed E-state index contributed by atoms with van der Waals surface area (Å²) in [5.74, 6) is 0.971. The van der Waals surface area contributed by atoms with Gasteiger partial charge in [-0.05, 0) is 29.8 Å². The van der Waals surface area contributed by atoms with Gasteiger partial charge >= 0.3 is 0 Å². The number of rotatable bonds is 8. The lowest BCUT2D eigenvalue weighted by Crippen LogP contribution is -2.32. The lowest BCUT2D eigenvalue weighted by molar-refractivity contribution is -0.118. The number of hydrogen-bond donors (Lipinski definition) is 1. The van der Waals surface area contributed by atoms with E-state index in [4.69, 9.17) is 4.42 Å². The molecule has 0 aliphatic heterocycles. The van der Waals surface area contributed by atoms with Crippen LogP contribution in [0.2, 0.25) is 0 Å². The number of nitrogens with one attached hydrogen (secondary N) is 1. The van der Waals surface area contributed by atoms with E-state index in [9.17, 15) is 4.79 Å². The molecule has 1 N–H and O–H groups in total. The molecule has 0 saturated heterocycles. The van der Waals surface area contributed by atoms with Crippen molar-refractivity contribution >= 4 is 11.6 Å². The summed E-state index contributed by atoms with van der Waals surface area (Å²) >= 11 is 0. The van der Waals surface area contributed by atoms with Gasteiger partial charge in [0.15, 0.2) is 0 Å². The zero-order valence-corrected chi connectivity index (χ0v) is 14.1. The van der Waals surface area contributed by atoms with Gasteiger partial charge in [0.2, 0.25) is 5.91 Å². The molecule has 0 radical (unpaired) electrons. The first kappa shape index (κ1) is 17.0. The molecule has 1 aromatic heterocycles. The lowest BCUT2D eigenvalue weighted by atomic mass is 10.2. The molecule has 3 aromatic rings. The third kappa shape index (κ3) is 5.06. The predicted molar refractivity (Wildman–Crippen MR) is 99.1 cm³/mol. The summed E-state index contributed by atoms with van der Waals surface area (Å²) in [4.78, 5) is 14.6. The van der Waals surface area contributed by atoms with Gasteiger partial charge in [-0.25, -0.2) is 0 Å². The molecule has 0 spiro atoms. The fraction of sp³-hybridized carbons (Fsp3) is 0.190. The van der Waals surface area contributed by atoms with E-state index in [1.807, 2.05) is 77.7 Å². The summed E-state index contributed by atoms with van der Waals surface area (Å²) in [6.45, 7) is 1.81. The van der Waals surface area contributed by atoms with Crippen molar-refractivity contribution in [3.8, 4) is 0 Å². The van der Waals surface area contributed by atoms with Crippen LogP contribution >= 0.6 is 0 Å². The Kier molecular flexibility index (Phi) is 6.01. The van der Waals surface area contributed by atoms with Gasteiger partial charge < -0.3 is 14.6 Å². The van der Waals surface area contributed by atoms with E-state index >= 15 is 0 Å². The van der Waals surface area contributed by atoms with Crippen LogP contribution in [0, 0.1) is 0 Å². The Morgan fingerprint density at radius 3 is 2.32 bits per heavy atom. The van der Waals surface area contributed by atoms with E-state index in [-0.39, 0.29) is 5.91 Å². The minimum absolute atomic E-state index is 0.0991. The summed E-state index contributed by atoms with van der Waals surface area (Å²) in [7, 11) is 0. The Labute approximate surface area is 148 Å². The highest BCUT2D eigenvalue weighted by molar-refractivity contribution is 5.93. The zero-order valence-electron chi connectivity index (χ0n) is 14.1. The number of amides is 1. The number of para-hydroxylation sites is 1. The Hall–Kier alpha value is -2.85. The fourth-order valence-corrected chi connectivity index (χ4v) is 2.65. The van der Waals surface area contributed by atoms with Gasteiger partial charge in [0.1, 0.15) is 5.76 Å². The van der Waals surface area contributed by atoms with Gasteiger partial charge in [0, 0.05) is 18.7 Å². The quantitative estimate of drug-likeness (QED) is 0.634. The molecule has 128 valence electrons. The van der Waals surface area contributed by atoms with Crippen LogP contribution in [0.4, 0.5) is 5.69 Å². The van der Waals surface area contributed by atoms with Crippen LogP contribution in [0.25, 0.3) is 0 Å². The lowest BCUT2D eigenvalue weighted by Gasteiger charge is -2.23. The second kappa shape index (κ2) is 8.85. The zero-order chi connectivity index (χ0) is 17.3. The number of furan rings is 1. The van der Waals surface area contributed by atoms with Crippen molar-refractivity contribution in [1.29, 1.82) is 0 Å². The van der Waals surface area contributed by atoms with Crippen molar-refractivity contribution in [2.24, 2.45) is 0 Å². The van der Waals surface area contributed by atoms with Crippen LogP contribution in [0.5, 0.6) is 0 Å². The largest absolute Gasteiger partial charge is 0.468 e. The molecule has 4 heteroatoms. The van der Waals surface area contributed by atoms with Gasteiger partial charge in [-0.2, -0.15) is 0 Å². The van der Waals surface area contributed by atoms with E-state index in [0.717, 1.165) is 17.0 Å². The molecule has 2 aromatic carbocycles. The van der Waals surface area contributed by atoms with Crippen LogP contribution in [-0.2, 0) is 17.9 Å². The van der Waals surface area contributed by atoms with Gasteiger partial charge in [-0.15, -0.1) is 0 Å². The van der Waals surface area contributed by atoms with Crippen LogP contribution in [-0.4, -0.2) is 12.5 Å². The molecule has 0 unspecified atom stereocenters. The third-order valence-electron chi connectivity index (χ3n) is 3.95. The van der Waals surface area contributed by atoms with Gasteiger partial charge in [-0.1, -0.05) is 48.5 Å². The normalized spacial score (nSPS) is 10.6. The maximum Gasteiger partial charge on any atom is 0.228 e. The highest BCUT2D eigenvalue weighted by Crippen LogP contribution is 2.18. The minimum Gasteiger partial charge on any atom is -0.468 e. The second-order valence-electron chi connectivity index (χ2n) is 5.81. The Morgan fingerprint density at radius 1 is 0.920 bits per heavy atom. The average molecular weight is 334 g/mol. The number of carbonyl (C=O) groups is 1. The Bertz CT molecular complexity index is 755. The summed E-state index contributed by atoms with van der Waals surface area (Å²) in [5, 5.41) is 3.25. The second-order valence-corrected chi connectivity index (χ2v) is 5.81. The van der Waals surface area contributed by atoms with Crippen molar-refractivity contribution in [3.63, 3.8) is 0 Å². The first-order chi connectivity index (χ1) is 12.3. The Balaban J connectivity index is 1.60. The highest BCUT2D eigenvalue weighted by atomic mass is 16.3. The first-order valence-corrected chi connectivity index (χ1v) is 8.45. The molecule has 1 amide bonds. The molecule has 0 atom stereocenters. The standard InChI is InChI=1S/C21H22N2O2/c24-21(13-14-22-16-20-12-7-15-25-20)23(19-10-5-2-6-11-19)17-18-8-3-1-4-9-18/h1-12,15,22H,13-14,16-17H2. The monoisotopic (exact) mass is 334 g/mol. The smallest absolute Gasteiger partial charge is 0.228 e. The summed E-state index contributed by atoms with van der Waals surface area (Å²) in [6, 6.07) is 23.6. The van der Waals surface area contributed by atoms with Crippen molar-refractivity contribution in [2.75, 3.05) is 11.4 Å². The van der Waals surface area contributed by atoms with Gasteiger partial charge in [0.25, 0.3) is 0 Å². The topological polar surface area (TPSA) is 45.5 Å². The Morgan fingerprint density at radius 2 is 1.64 bits per heavy atom. The van der Waals surface area contributed by atoms with E-state index in [2.05, 4.69) is 5.32 Å². The van der Waals surface area contributed by atoms with E-state index in [1.165, 1.54) is 0 Å². The molecular formula is C21H22N2O2. The number of carbonyl (C=O) groups excluding carboxylic acids is 1. The van der Waals surface area contributed by atoms with Crippen LogP contribution in [0.1, 0.15) is 17.7 Å². The highest BCUT2D eigenvalue weighted by Gasteiger charge is 2.15. The van der Waals surface area contributed by atoms with Crippen molar-refractivity contribution in [1.82, 2.24) is 5.32 Å². The van der Waals surface area contributed by atoms with Crippen molar-refractivity contribution < 1.29 is 9.21 Å². The van der Waals surface area contributed by atoms with Gasteiger partial charge in [-0.3, -0.25) is 4.79 Å². The third-order valence-corrected chi connectivity index (χ3v) is 3.95. The van der Waals surface area contributed by atoms with E-state index in [1.54, 1.807) is 6.26 Å². The molecule has 3 rings (SSSR count). The number of nitrogens with zero attached hydrogens (tertiary/aromatic N) is 1. The van der Waals surface area contributed by atoms with Crippen LogP contribution < -0.4 is 10.2 Å². The molecule has 25 heavy (non-hydrogen) atoms. The molecule has 4 nitrogen and oxygen atoms in total. The summed E-state index contributed by atoms with van der Waals surface area (Å²) < 4.78 is 5.28. The molecule has 0 fully saturated rings. The minimum atomic E-state index is 0.0991. The summed E-state index contributed by atoms with van der Waals surface area (Å²) in [6.07, 6.45) is 2.08. The molecular weight excluding hydrogens is 312 g/mol. The maximum atomic E-state index is 12.8. The number of anilines is 1. The molecule has 0 aliphatic carbocycles. The van der Waals surface area contributed by atoms with E-state index in [0.29, 0.717) is 26.1 Å². The molecule has 1 heterocycles. The van der Waals surface area contributed by atoms with Crippen molar-refractivity contribution in [3.05, 3.63) is 90.4 Å². The van der Waals surface area contributed by atoms with Crippen LogP contribution in [0.15, 0.2) is 83.5 Å². The van der Waals surface area contributed by atoms with Crippen LogP contribution in [0.3, 0.4) is 0 Å². The maximum absolute atomic E-state index is 12.8. The number of hydrogen-bond acceptors (Lipinski definition) is 3. The SMILES string of the molecule is O=C(CCNCc1ccco1)N(Cc1ccccc1)c1ccccc1. The predicted octanol–water partition coefficient (Wildman–Crippen LogP) is 3.99. The fourth-order valence-electron chi connectivity index (χ4n) is 2.65. The van der Waals surface area contributed by atoms with Crippen molar-refractivity contribution in [2.45, 2.75) is 19.5 Å². The van der Waals surface area contributed by atoms with Gasteiger partial charge in [0.05, 0.1) is 19.4 Å².